The van der Waals surface area contributed by atoms with Gasteiger partial charge < -0.3 is 14.9 Å². The summed E-state index contributed by atoms with van der Waals surface area (Å²) < 4.78 is 6.53. The number of rotatable bonds is 3. The van der Waals surface area contributed by atoms with Crippen LogP contribution in [0.3, 0.4) is 0 Å². The van der Waals surface area contributed by atoms with Crippen molar-refractivity contribution < 1.29 is 24.5 Å². The monoisotopic (exact) mass is 472 g/mol. The summed E-state index contributed by atoms with van der Waals surface area (Å²) >= 11 is 0. The number of imide groups is 1. The van der Waals surface area contributed by atoms with E-state index < -0.39 is 23.2 Å². The molecular formula is C28H28N2O5. The lowest BCUT2D eigenvalue weighted by molar-refractivity contribution is -0.194. The van der Waals surface area contributed by atoms with Gasteiger partial charge in [-0.1, -0.05) is 24.3 Å². The van der Waals surface area contributed by atoms with E-state index in [2.05, 4.69) is 11.5 Å². The van der Waals surface area contributed by atoms with E-state index in [4.69, 9.17) is 4.74 Å². The fourth-order valence-electron chi connectivity index (χ4n) is 8.03. The van der Waals surface area contributed by atoms with Crippen molar-refractivity contribution in [1.29, 1.82) is 0 Å². The highest BCUT2D eigenvalue weighted by molar-refractivity contribution is 6.22. The topological polar surface area (TPSA) is 90.3 Å². The largest absolute Gasteiger partial charge is 0.504 e. The van der Waals surface area contributed by atoms with Gasteiger partial charge in [0.15, 0.2) is 11.5 Å². The van der Waals surface area contributed by atoms with Gasteiger partial charge in [0.25, 0.3) is 11.8 Å². The first-order chi connectivity index (χ1) is 16.8. The van der Waals surface area contributed by atoms with Crippen molar-refractivity contribution in [3.8, 4) is 11.5 Å². The third-order valence-electron chi connectivity index (χ3n) is 9.39. The molecule has 0 unspecified atom stereocenters. The molecule has 35 heavy (non-hydrogen) atoms. The lowest BCUT2D eigenvalue weighted by Gasteiger charge is -2.64. The molecule has 3 heterocycles. The van der Waals surface area contributed by atoms with Crippen LogP contribution >= 0.6 is 0 Å². The van der Waals surface area contributed by atoms with Gasteiger partial charge in [-0.2, -0.15) is 0 Å². The highest BCUT2D eigenvalue weighted by Crippen LogP contribution is 2.66. The van der Waals surface area contributed by atoms with Crippen LogP contribution in [0.2, 0.25) is 0 Å². The number of likely N-dealkylation sites (tertiary alicyclic amines) is 1. The molecule has 1 saturated heterocycles. The smallest absolute Gasteiger partial charge is 0.262 e. The normalized spacial score (nSPS) is 34.5. The summed E-state index contributed by atoms with van der Waals surface area (Å²) in [5.41, 5.74) is 1.69. The number of phenols is 1. The van der Waals surface area contributed by atoms with Crippen molar-refractivity contribution in [2.45, 2.75) is 61.8 Å². The van der Waals surface area contributed by atoms with Crippen molar-refractivity contribution in [2.75, 3.05) is 13.1 Å². The number of fused-ring (bicyclic) bond motifs is 1. The molecule has 2 N–H and O–H groups in total. The molecule has 7 heteroatoms. The van der Waals surface area contributed by atoms with Gasteiger partial charge in [0.1, 0.15) is 6.10 Å². The number of aliphatic hydroxyl groups is 1. The van der Waals surface area contributed by atoms with E-state index in [9.17, 15) is 19.8 Å². The number of carbonyl (C=O) groups excluding carboxylic acids is 2. The van der Waals surface area contributed by atoms with Gasteiger partial charge >= 0.3 is 0 Å². The van der Waals surface area contributed by atoms with Crippen molar-refractivity contribution in [1.82, 2.24) is 9.80 Å². The molecule has 3 aliphatic heterocycles. The van der Waals surface area contributed by atoms with E-state index in [1.54, 1.807) is 18.2 Å². The molecule has 5 aliphatic rings. The first kappa shape index (κ1) is 21.1. The van der Waals surface area contributed by atoms with Crippen LogP contribution in [0.15, 0.2) is 43.0 Å². The van der Waals surface area contributed by atoms with Gasteiger partial charge in [0, 0.05) is 18.2 Å². The minimum Gasteiger partial charge on any atom is -0.504 e. The number of hydrogen-bond acceptors (Lipinski definition) is 6. The number of aryl methyl sites for hydroxylation is 1. The SMILES string of the molecule is C=CCN1CC[C@]23c4c5ccc(O)c4O[C@H]2[C@H](N2C(=O)c4cccc(C)c4C2=O)CC[C@@]3(O)[C@@H]1C5. The number of aromatic hydroxyl groups is 1. The van der Waals surface area contributed by atoms with Crippen molar-refractivity contribution >= 4 is 11.8 Å². The third-order valence-corrected chi connectivity index (χ3v) is 9.39. The third kappa shape index (κ3) is 2.29. The Kier molecular flexibility index (Phi) is 4.07. The second-order valence-corrected chi connectivity index (χ2v) is 10.7. The molecule has 5 atom stereocenters. The fourth-order valence-corrected chi connectivity index (χ4v) is 8.03. The Bertz CT molecular complexity index is 1340. The second-order valence-electron chi connectivity index (χ2n) is 10.7. The molecule has 0 aromatic heterocycles. The highest BCUT2D eigenvalue weighted by Gasteiger charge is 2.74. The van der Waals surface area contributed by atoms with Gasteiger partial charge in [0.2, 0.25) is 0 Å². The molecule has 2 amide bonds. The molecule has 2 bridgehead atoms. The first-order valence-corrected chi connectivity index (χ1v) is 12.4. The van der Waals surface area contributed by atoms with Crippen LogP contribution < -0.4 is 4.74 Å². The summed E-state index contributed by atoms with van der Waals surface area (Å²) in [6.45, 7) is 7.17. The lowest BCUT2D eigenvalue weighted by atomic mass is 9.48. The zero-order chi connectivity index (χ0) is 24.3. The average Bonchev–Trinajstić information content (AvgIpc) is 3.31. The molecule has 7 rings (SSSR count). The fraction of sp³-hybridized carbons (Fsp3) is 0.429. The summed E-state index contributed by atoms with van der Waals surface area (Å²) in [5.74, 6) is -0.156. The van der Waals surface area contributed by atoms with E-state index in [-0.39, 0.29) is 23.6 Å². The Hall–Kier alpha value is -3.16. The van der Waals surface area contributed by atoms with Gasteiger partial charge in [-0.3, -0.25) is 19.4 Å². The van der Waals surface area contributed by atoms with Crippen LogP contribution in [0.4, 0.5) is 0 Å². The Morgan fingerprint density at radius 2 is 2.03 bits per heavy atom. The van der Waals surface area contributed by atoms with Gasteiger partial charge in [0.05, 0.1) is 28.2 Å². The summed E-state index contributed by atoms with van der Waals surface area (Å²) in [6.07, 6.45) is 3.39. The Labute approximate surface area is 203 Å². The molecule has 180 valence electrons. The first-order valence-electron chi connectivity index (χ1n) is 12.4. The number of hydrogen-bond donors (Lipinski definition) is 2. The zero-order valence-electron chi connectivity index (χ0n) is 19.7. The second kappa shape index (κ2) is 6.74. The predicted molar refractivity (Wildman–Crippen MR) is 128 cm³/mol. The van der Waals surface area contributed by atoms with Crippen LogP contribution in [0.1, 0.15) is 56.7 Å². The van der Waals surface area contributed by atoms with E-state index in [0.717, 1.165) is 23.2 Å². The Morgan fingerprint density at radius 3 is 2.80 bits per heavy atom. The molecule has 1 spiro atoms. The van der Waals surface area contributed by atoms with Gasteiger partial charge in [-0.05, 0) is 62.4 Å². The molecule has 2 fully saturated rings. The average molecular weight is 473 g/mol. The maximum Gasteiger partial charge on any atom is 0.262 e. The van der Waals surface area contributed by atoms with E-state index in [0.29, 0.717) is 49.1 Å². The molecule has 0 radical (unpaired) electrons. The molecular weight excluding hydrogens is 444 g/mol. The molecule has 2 aliphatic carbocycles. The summed E-state index contributed by atoms with van der Waals surface area (Å²) in [5, 5.41) is 23.3. The Morgan fingerprint density at radius 1 is 1.20 bits per heavy atom. The van der Waals surface area contributed by atoms with E-state index >= 15 is 0 Å². The van der Waals surface area contributed by atoms with E-state index in [1.807, 2.05) is 25.1 Å². The number of ether oxygens (including phenoxy) is 1. The maximum atomic E-state index is 13.6. The molecule has 2 aromatic carbocycles. The van der Waals surface area contributed by atoms with Crippen molar-refractivity contribution in [3.05, 3.63) is 70.8 Å². The van der Waals surface area contributed by atoms with Crippen molar-refractivity contribution in [3.63, 3.8) is 0 Å². The number of amides is 2. The van der Waals surface area contributed by atoms with Crippen LogP contribution in [0.5, 0.6) is 11.5 Å². The van der Waals surface area contributed by atoms with Gasteiger partial charge in [-0.15, -0.1) is 6.58 Å². The van der Waals surface area contributed by atoms with Crippen molar-refractivity contribution in [2.24, 2.45) is 0 Å². The number of phenolic OH excluding ortho intramolecular Hbond substituents is 1. The maximum absolute atomic E-state index is 13.6. The number of piperidine rings is 1. The molecule has 2 aromatic rings. The van der Waals surface area contributed by atoms with Gasteiger partial charge in [-0.25, -0.2) is 0 Å². The van der Waals surface area contributed by atoms with Crippen LogP contribution in [0, 0.1) is 6.92 Å². The van der Waals surface area contributed by atoms with Crippen LogP contribution in [-0.2, 0) is 11.8 Å². The lowest BCUT2D eigenvalue weighted by Crippen LogP contribution is -2.78. The zero-order valence-corrected chi connectivity index (χ0v) is 19.7. The summed E-state index contributed by atoms with van der Waals surface area (Å²) in [6, 6.07) is 8.27. The molecule has 1 saturated carbocycles. The minimum absolute atomic E-state index is 0.0406. The predicted octanol–water partition coefficient (Wildman–Crippen LogP) is 2.71. The van der Waals surface area contributed by atoms with Crippen LogP contribution in [0.25, 0.3) is 0 Å². The summed E-state index contributed by atoms with van der Waals surface area (Å²) in [4.78, 5) is 30.8. The number of nitrogens with zero attached hydrogens (tertiary/aromatic N) is 2. The minimum atomic E-state index is -1.10. The Balaban J connectivity index is 1.40. The van der Waals surface area contributed by atoms with Crippen LogP contribution in [-0.4, -0.2) is 68.7 Å². The summed E-state index contributed by atoms with van der Waals surface area (Å²) in [7, 11) is 0. The standard InChI is InChI=1S/C28H28N2O5/c1-3-12-29-13-11-27-22-16-7-8-19(31)23(22)35-24(27)18(9-10-28(27,34)20(29)14-16)30-25(32)17-6-4-5-15(2)21(17)26(30)33/h3-8,18,20,24,31,34H,1,9-14H2,2H3/t18-,20+,24+,27+,28-/m1/s1. The highest BCUT2D eigenvalue weighted by atomic mass is 16.5. The quantitative estimate of drug-likeness (QED) is 0.528. The van der Waals surface area contributed by atoms with E-state index in [1.165, 1.54) is 4.90 Å². The number of benzene rings is 2. The number of carbonyl (C=O) groups is 2. The molecule has 7 nitrogen and oxygen atoms in total.